The summed E-state index contributed by atoms with van der Waals surface area (Å²) >= 11 is 0. The van der Waals surface area contributed by atoms with Crippen molar-refractivity contribution < 1.29 is 14.3 Å². The lowest BCUT2D eigenvalue weighted by Gasteiger charge is -2.35. The minimum atomic E-state index is -0.131. The van der Waals surface area contributed by atoms with Gasteiger partial charge >= 0.3 is 0 Å². The smallest absolute Gasteiger partial charge is 0.293 e. The van der Waals surface area contributed by atoms with E-state index in [1.54, 1.807) is 48.9 Å². The number of carbonyl (C=O) groups excluding carboxylic acids is 1. The number of fused-ring (bicyclic) bond motifs is 1. The molecule has 0 unspecified atom stereocenters. The molecule has 0 aliphatic carbocycles. The molecule has 1 aliphatic rings. The van der Waals surface area contributed by atoms with E-state index in [9.17, 15) is 9.59 Å². The second kappa shape index (κ2) is 8.06. The Kier molecular flexibility index (Phi) is 5.31. The Morgan fingerprint density at radius 3 is 2.37 bits per heavy atom. The van der Waals surface area contributed by atoms with Gasteiger partial charge in [0, 0.05) is 38.8 Å². The molecule has 0 saturated carbocycles. The zero-order valence-electron chi connectivity index (χ0n) is 17.3. The summed E-state index contributed by atoms with van der Waals surface area (Å²) in [5.74, 6) is 1.45. The van der Waals surface area contributed by atoms with E-state index in [1.165, 1.54) is 0 Å². The number of rotatable bonds is 4. The normalized spacial score (nSPS) is 14.1. The Hall–Kier alpha value is -3.55. The molecule has 0 atom stereocenters. The third-order valence-corrected chi connectivity index (χ3v) is 5.46. The first-order valence-electron chi connectivity index (χ1n) is 9.75. The molecule has 3 aromatic rings. The highest BCUT2D eigenvalue weighted by atomic mass is 16.5. The summed E-state index contributed by atoms with van der Waals surface area (Å²) in [6.45, 7) is 2.09. The predicted molar refractivity (Wildman–Crippen MR) is 115 cm³/mol. The maximum atomic E-state index is 12.9. The van der Waals surface area contributed by atoms with Crippen molar-refractivity contribution in [2.45, 2.75) is 0 Å². The topological polar surface area (TPSA) is 76.9 Å². The SMILES string of the molecule is COc1ccc(C(=O)N2CCN(c3nc4ccccc4n(C)c3=O)CC2)cc1OC. The average Bonchev–Trinajstić information content (AvgIpc) is 2.80. The molecule has 2 heterocycles. The molecule has 1 amide bonds. The monoisotopic (exact) mass is 408 g/mol. The lowest BCUT2D eigenvalue weighted by molar-refractivity contribution is 0.0746. The minimum absolute atomic E-state index is 0.0741. The molecular weight excluding hydrogens is 384 g/mol. The van der Waals surface area contributed by atoms with E-state index < -0.39 is 0 Å². The van der Waals surface area contributed by atoms with E-state index in [2.05, 4.69) is 4.98 Å². The molecule has 1 aromatic heterocycles. The average molecular weight is 408 g/mol. The number of anilines is 1. The highest BCUT2D eigenvalue weighted by molar-refractivity contribution is 5.95. The number of amides is 1. The number of hydrogen-bond acceptors (Lipinski definition) is 6. The molecule has 0 radical (unpaired) electrons. The first-order chi connectivity index (χ1) is 14.5. The molecule has 1 aliphatic heterocycles. The predicted octanol–water partition coefficient (Wildman–Crippen LogP) is 1.91. The number of carbonyl (C=O) groups is 1. The molecule has 0 N–H and O–H groups in total. The van der Waals surface area contributed by atoms with E-state index in [-0.39, 0.29) is 11.5 Å². The van der Waals surface area contributed by atoms with Crippen LogP contribution in [-0.2, 0) is 7.05 Å². The Morgan fingerprint density at radius 2 is 1.67 bits per heavy atom. The summed E-state index contributed by atoms with van der Waals surface area (Å²) in [4.78, 5) is 34.1. The molecule has 1 fully saturated rings. The van der Waals surface area contributed by atoms with Crippen molar-refractivity contribution in [2.24, 2.45) is 7.05 Å². The molecule has 1 saturated heterocycles. The first kappa shape index (κ1) is 19.8. The van der Waals surface area contributed by atoms with Gasteiger partial charge in [0.25, 0.3) is 11.5 Å². The van der Waals surface area contributed by atoms with Crippen molar-refractivity contribution in [1.29, 1.82) is 0 Å². The van der Waals surface area contributed by atoms with Gasteiger partial charge in [-0.1, -0.05) is 12.1 Å². The fourth-order valence-electron chi connectivity index (χ4n) is 3.74. The van der Waals surface area contributed by atoms with Crippen LogP contribution in [0.2, 0.25) is 0 Å². The lowest BCUT2D eigenvalue weighted by Crippen LogP contribution is -2.50. The van der Waals surface area contributed by atoms with Gasteiger partial charge in [0.1, 0.15) is 0 Å². The van der Waals surface area contributed by atoms with Crippen LogP contribution in [0.3, 0.4) is 0 Å². The van der Waals surface area contributed by atoms with Crippen LogP contribution in [0.25, 0.3) is 11.0 Å². The number of piperazine rings is 1. The Balaban J connectivity index is 1.52. The maximum absolute atomic E-state index is 12.9. The highest BCUT2D eigenvalue weighted by Gasteiger charge is 2.25. The molecule has 2 aromatic carbocycles. The largest absolute Gasteiger partial charge is 0.493 e. The zero-order chi connectivity index (χ0) is 21.3. The van der Waals surface area contributed by atoms with E-state index in [0.717, 1.165) is 11.0 Å². The van der Waals surface area contributed by atoms with Crippen LogP contribution in [0.5, 0.6) is 11.5 Å². The van der Waals surface area contributed by atoms with Crippen molar-refractivity contribution in [3.05, 3.63) is 58.4 Å². The quantitative estimate of drug-likeness (QED) is 0.656. The second-order valence-electron chi connectivity index (χ2n) is 7.14. The molecule has 0 spiro atoms. The van der Waals surface area contributed by atoms with Crippen molar-refractivity contribution in [1.82, 2.24) is 14.5 Å². The van der Waals surface area contributed by atoms with Crippen LogP contribution in [0.4, 0.5) is 5.82 Å². The number of aromatic nitrogens is 2. The number of nitrogens with zero attached hydrogens (tertiary/aromatic N) is 4. The summed E-state index contributed by atoms with van der Waals surface area (Å²) in [6, 6.07) is 12.7. The van der Waals surface area contributed by atoms with Crippen LogP contribution in [0.1, 0.15) is 10.4 Å². The summed E-state index contributed by atoms with van der Waals surface area (Å²) in [5.41, 5.74) is 1.99. The fourth-order valence-corrected chi connectivity index (χ4v) is 3.74. The van der Waals surface area contributed by atoms with E-state index in [4.69, 9.17) is 9.47 Å². The van der Waals surface area contributed by atoms with Gasteiger partial charge in [-0.15, -0.1) is 0 Å². The summed E-state index contributed by atoms with van der Waals surface area (Å²) in [6.07, 6.45) is 0. The van der Waals surface area contributed by atoms with Gasteiger partial charge in [0.15, 0.2) is 17.3 Å². The number of methoxy groups -OCH3 is 2. The number of ether oxygens (including phenoxy) is 2. The molecule has 0 bridgehead atoms. The summed E-state index contributed by atoms with van der Waals surface area (Å²) in [5, 5.41) is 0. The van der Waals surface area contributed by atoms with Crippen molar-refractivity contribution >= 4 is 22.8 Å². The second-order valence-corrected chi connectivity index (χ2v) is 7.14. The van der Waals surface area contributed by atoms with Crippen molar-refractivity contribution in [3.63, 3.8) is 0 Å². The van der Waals surface area contributed by atoms with Crippen molar-refractivity contribution in [2.75, 3.05) is 45.3 Å². The lowest BCUT2D eigenvalue weighted by atomic mass is 10.1. The van der Waals surface area contributed by atoms with Gasteiger partial charge in [0.05, 0.1) is 25.3 Å². The van der Waals surface area contributed by atoms with Crippen molar-refractivity contribution in [3.8, 4) is 11.5 Å². The van der Waals surface area contributed by atoms with E-state index >= 15 is 0 Å². The van der Waals surface area contributed by atoms with Crippen LogP contribution < -0.4 is 19.9 Å². The van der Waals surface area contributed by atoms with Crippen LogP contribution in [0.15, 0.2) is 47.3 Å². The van der Waals surface area contributed by atoms with Gasteiger partial charge in [-0.25, -0.2) is 4.98 Å². The summed E-state index contributed by atoms with van der Waals surface area (Å²) < 4.78 is 12.2. The summed E-state index contributed by atoms with van der Waals surface area (Å²) in [7, 11) is 4.86. The molecule has 8 heteroatoms. The maximum Gasteiger partial charge on any atom is 0.293 e. The van der Waals surface area contributed by atoms with Crippen LogP contribution >= 0.6 is 0 Å². The van der Waals surface area contributed by atoms with Gasteiger partial charge in [-0.2, -0.15) is 0 Å². The molecule has 4 rings (SSSR count). The minimum Gasteiger partial charge on any atom is -0.493 e. The molecular formula is C22H24N4O4. The number of hydrogen-bond donors (Lipinski definition) is 0. The van der Waals surface area contributed by atoms with E-state index in [0.29, 0.717) is 49.1 Å². The zero-order valence-corrected chi connectivity index (χ0v) is 17.3. The standard InChI is InChI=1S/C22H24N4O4/c1-24-17-7-5-4-6-16(17)23-20(22(24)28)25-10-12-26(13-11-25)21(27)15-8-9-18(29-2)19(14-15)30-3/h4-9,14H,10-13H2,1-3H3. The Labute approximate surface area is 174 Å². The van der Waals surface area contributed by atoms with Gasteiger partial charge in [-0.05, 0) is 30.3 Å². The molecule has 30 heavy (non-hydrogen) atoms. The number of aryl methyl sites for hydroxylation is 1. The first-order valence-corrected chi connectivity index (χ1v) is 9.75. The Bertz CT molecular complexity index is 1150. The van der Waals surface area contributed by atoms with Gasteiger partial charge in [0.2, 0.25) is 0 Å². The van der Waals surface area contributed by atoms with Crippen LogP contribution in [-0.4, -0.2) is 60.8 Å². The van der Waals surface area contributed by atoms with Gasteiger partial charge < -0.3 is 23.8 Å². The fraction of sp³-hybridized carbons (Fsp3) is 0.318. The Morgan fingerprint density at radius 1 is 0.967 bits per heavy atom. The number of para-hydroxylation sites is 2. The highest BCUT2D eigenvalue weighted by Crippen LogP contribution is 2.28. The third-order valence-electron chi connectivity index (χ3n) is 5.46. The molecule has 156 valence electrons. The van der Waals surface area contributed by atoms with E-state index in [1.807, 2.05) is 29.2 Å². The van der Waals surface area contributed by atoms with Crippen LogP contribution in [0, 0.1) is 0 Å². The molecule has 8 nitrogen and oxygen atoms in total. The van der Waals surface area contributed by atoms with Gasteiger partial charge in [-0.3, -0.25) is 9.59 Å². The third kappa shape index (κ3) is 3.45. The number of benzene rings is 2.